The molecule has 3 nitrogen and oxygen atoms in total. The van der Waals surface area contributed by atoms with Crippen LogP contribution in [0.4, 0.5) is 0 Å². The summed E-state index contributed by atoms with van der Waals surface area (Å²) in [6, 6.07) is 4.16. The molecule has 0 amide bonds. The number of fused-ring (bicyclic) bond motifs is 1. The molecule has 0 aromatic heterocycles. The monoisotopic (exact) mass is 344 g/mol. The van der Waals surface area contributed by atoms with Gasteiger partial charge in [-0.2, -0.15) is 0 Å². The van der Waals surface area contributed by atoms with Crippen LogP contribution in [0.1, 0.15) is 44.2 Å². The number of methoxy groups -OCH3 is 2. The zero-order valence-corrected chi connectivity index (χ0v) is 15.4. The van der Waals surface area contributed by atoms with Crippen molar-refractivity contribution in [1.29, 1.82) is 0 Å². The first-order valence-corrected chi connectivity index (χ1v) is 9.17. The molecule has 2 unspecified atom stereocenters. The third kappa shape index (κ3) is 3.34. The van der Waals surface area contributed by atoms with E-state index in [-0.39, 0.29) is 5.60 Å². The van der Waals surface area contributed by atoms with Crippen LogP contribution in [-0.2, 0) is 15.5 Å². The number of hydrogen-bond acceptors (Lipinski definition) is 4. The van der Waals surface area contributed by atoms with Gasteiger partial charge in [-0.05, 0) is 61.0 Å². The van der Waals surface area contributed by atoms with E-state index in [0.29, 0.717) is 11.8 Å². The van der Waals surface area contributed by atoms with E-state index in [0.717, 1.165) is 36.5 Å². The summed E-state index contributed by atoms with van der Waals surface area (Å²) in [6.07, 6.45) is 3.12. The van der Waals surface area contributed by atoms with Gasteiger partial charge in [-0.3, -0.25) is 0 Å². The van der Waals surface area contributed by atoms with E-state index in [1.165, 1.54) is 23.2 Å². The predicted molar refractivity (Wildman–Crippen MR) is 93.0 cm³/mol. The van der Waals surface area contributed by atoms with Crippen molar-refractivity contribution in [2.75, 3.05) is 20.1 Å². The van der Waals surface area contributed by atoms with E-state index in [4.69, 9.17) is 25.3 Å². The summed E-state index contributed by atoms with van der Waals surface area (Å²) in [5.41, 5.74) is 2.16. The molecule has 5 heteroatoms. The first-order chi connectivity index (χ1) is 10.6. The largest absolute Gasteiger partial charge is 0.493 e. The first-order valence-electron chi connectivity index (χ1n) is 7.72. The van der Waals surface area contributed by atoms with Gasteiger partial charge in [0.1, 0.15) is 5.60 Å². The Kier molecular flexibility index (Phi) is 6.30. The molecule has 0 radical (unpaired) electrons. The Morgan fingerprint density at radius 1 is 1.32 bits per heavy atom. The number of halogens is 1. The molecule has 0 saturated carbocycles. The quantitative estimate of drug-likeness (QED) is 0.505. The van der Waals surface area contributed by atoms with E-state index in [1.807, 2.05) is 0 Å². The molecule has 22 heavy (non-hydrogen) atoms. The van der Waals surface area contributed by atoms with Crippen LogP contribution in [-0.4, -0.2) is 20.1 Å². The Balaban J connectivity index is 2.45. The second-order valence-corrected chi connectivity index (χ2v) is 6.82. The minimum atomic E-state index is -0.321. The van der Waals surface area contributed by atoms with Crippen molar-refractivity contribution in [1.82, 2.24) is 0 Å². The van der Waals surface area contributed by atoms with Crippen LogP contribution in [0.2, 0.25) is 0 Å². The van der Waals surface area contributed by atoms with Crippen molar-refractivity contribution >= 4 is 23.6 Å². The van der Waals surface area contributed by atoms with Crippen LogP contribution in [0.5, 0.6) is 11.5 Å². The molecule has 1 aromatic carbocycles. The molecular weight excluding hydrogens is 320 g/mol. The highest BCUT2D eigenvalue weighted by Gasteiger charge is 2.41. The van der Waals surface area contributed by atoms with E-state index in [2.05, 4.69) is 26.0 Å². The van der Waals surface area contributed by atoms with Gasteiger partial charge in [0.2, 0.25) is 0 Å². The summed E-state index contributed by atoms with van der Waals surface area (Å²) >= 11 is 7.42. The lowest BCUT2D eigenvalue weighted by Gasteiger charge is -2.41. The molecule has 2 atom stereocenters. The molecule has 0 spiro atoms. The van der Waals surface area contributed by atoms with Gasteiger partial charge in [-0.25, -0.2) is 0 Å². The average Bonchev–Trinajstić information content (AvgIpc) is 2.54. The van der Waals surface area contributed by atoms with Crippen LogP contribution < -0.4 is 9.47 Å². The van der Waals surface area contributed by atoms with Crippen molar-refractivity contribution in [2.24, 2.45) is 5.92 Å². The molecule has 0 fully saturated rings. The molecule has 2 rings (SSSR count). The highest BCUT2D eigenvalue weighted by Crippen LogP contribution is 2.49. The minimum absolute atomic E-state index is 0.321. The second kappa shape index (κ2) is 7.80. The Hall–Kier alpha value is -0.580. The van der Waals surface area contributed by atoms with Crippen LogP contribution in [0.25, 0.3) is 0 Å². The van der Waals surface area contributed by atoms with Gasteiger partial charge < -0.3 is 13.7 Å². The van der Waals surface area contributed by atoms with E-state index < -0.39 is 0 Å². The summed E-state index contributed by atoms with van der Waals surface area (Å²) in [6.45, 7) is 4.40. The van der Waals surface area contributed by atoms with E-state index in [9.17, 15) is 0 Å². The van der Waals surface area contributed by atoms with E-state index >= 15 is 0 Å². The third-order valence-corrected chi connectivity index (χ3v) is 5.71. The molecule has 1 heterocycles. The molecule has 124 valence electrons. The zero-order chi connectivity index (χ0) is 16.2. The van der Waals surface area contributed by atoms with Gasteiger partial charge in [0, 0.05) is 11.6 Å². The Morgan fingerprint density at radius 3 is 2.59 bits per heavy atom. The smallest absolute Gasteiger partial charge is 0.161 e. The molecule has 0 aliphatic carbocycles. The summed E-state index contributed by atoms with van der Waals surface area (Å²) in [5.74, 6) is 3.49. The molecule has 1 aliphatic heterocycles. The lowest BCUT2D eigenvalue weighted by atomic mass is 9.77. The summed E-state index contributed by atoms with van der Waals surface area (Å²) < 4.78 is 17.1. The zero-order valence-electron chi connectivity index (χ0n) is 13.8. The fourth-order valence-corrected chi connectivity index (χ4v) is 4.29. The van der Waals surface area contributed by atoms with Crippen LogP contribution in [0, 0.1) is 5.92 Å². The number of ether oxygens (including phenoxy) is 2. The first kappa shape index (κ1) is 17.8. The van der Waals surface area contributed by atoms with E-state index in [1.54, 1.807) is 14.2 Å². The minimum Gasteiger partial charge on any atom is -0.493 e. The number of rotatable bonds is 7. The average molecular weight is 345 g/mol. The second-order valence-electron chi connectivity index (χ2n) is 5.75. The Morgan fingerprint density at radius 2 is 2.00 bits per heavy atom. The summed E-state index contributed by atoms with van der Waals surface area (Å²) in [4.78, 5) is 0. The molecule has 0 N–H and O–H groups in total. The van der Waals surface area contributed by atoms with Crippen LogP contribution >= 0.6 is 23.6 Å². The van der Waals surface area contributed by atoms with Gasteiger partial charge in [0.25, 0.3) is 0 Å². The van der Waals surface area contributed by atoms with Gasteiger partial charge in [-0.1, -0.05) is 13.3 Å². The maximum atomic E-state index is 6.19. The van der Waals surface area contributed by atoms with Crippen molar-refractivity contribution in [3.05, 3.63) is 23.3 Å². The highest BCUT2D eigenvalue weighted by atomic mass is 35.5. The van der Waals surface area contributed by atoms with Crippen molar-refractivity contribution in [3.63, 3.8) is 0 Å². The lowest BCUT2D eigenvalue weighted by molar-refractivity contribution is 0.0310. The van der Waals surface area contributed by atoms with Crippen molar-refractivity contribution < 1.29 is 13.7 Å². The SMILES string of the molecule is CCC(CCCCl)C1(C)OSCc2cc(OC)c(OC)cc21. The maximum absolute atomic E-state index is 6.19. The predicted octanol–water partition coefficient (Wildman–Crippen LogP) is 5.14. The summed E-state index contributed by atoms with van der Waals surface area (Å²) in [5, 5.41) is 0. The van der Waals surface area contributed by atoms with Gasteiger partial charge in [-0.15, -0.1) is 11.6 Å². The Labute approximate surface area is 142 Å². The maximum Gasteiger partial charge on any atom is 0.161 e. The van der Waals surface area contributed by atoms with Crippen LogP contribution in [0.3, 0.4) is 0 Å². The fraction of sp³-hybridized carbons (Fsp3) is 0.647. The third-order valence-electron chi connectivity index (χ3n) is 4.55. The van der Waals surface area contributed by atoms with Gasteiger partial charge in [0.15, 0.2) is 11.5 Å². The van der Waals surface area contributed by atoms with Gasteiger partial charge >= 0.3 is 0 Å². The molecule has 0 saturated heterocycles. The number of benzene rings is 1. The van der Waals surface area contributed by atoms with Crippen molar-refractivity contribution in [2.45, 2.75) is 44.5 Å². The molecule has 0 bridgehead atoms. The molecule has 1 aromatic rings. The lowest BCUT2D eigenvalue weighted by Crippen LogP contribution is -2.36. The fourth-order valence-electron chi connectivity index (χ4n) is 3.24. The Bertz CT molecular complexity index is 509. The standard InChI is InChI=1S/C17H25ClO3S/c1-5-13(7-6-8-18)17(2)14-10-16(20-4)15(19-3)9-12(14)11-22-21-17/h9-10,13H,5-8,11H2,1-4H3. The number of alkyl halides is 1. The molecule has 1 aliphatic rings. The summed E-state index contributed by atoms with van der Waals surface area (Å²) in [7, 11) is 3.34. The van der Waals surface area contributed by atoms with Crippen LogP contribution in [0.15, 0.2) is 12.1 Å². The molecular formula is C17H25ClO3S. The van der Waals surface area contributed by atoms with Crippen molar-refractivity contribution in [3.8, 4) is 11.5 Å². The normalized spacial score (nSPS) is 22.0. The number of hydrogen-bond donors (Lipinski definition) is 0. The van der Waals surface area contributed by atoms with Gasteiger partial charge in [0.05, 0.1) is 14.2 Å². The highest BCUT2D eigenvalue weighted by molar-refractivity contribution is 7.93. The topological polar surface area (TPSA) is 27.7 Å².